The van der Waals surface area contributed by atoms with E-state index >= 15 is 0 Å². The van der Waals surface area contributed by atoms with Crippen molar-refractivity contribution in [3.8, 4) is 0 Å². The SMILES string of the molecule is CC(C)(CNC(=O)C(N)Cc1ccccc1)C(=O)O. The van der Waals surface area contributed by atoms with E-state index in [1.807, 2.05) is 30.3 Å². The third kappa shape index (κ3) is 4.71. The highest BCUT2D eigenvalue weighted by Crippen LogP contribution is 2.13. The Morgan fingerprint density at radius 1 is 1.32 bits per heavy atom. The number of rotatable bonds is 6. The van der Waals surface area contributed by atoms with Crippen molar-refractivity contribution in [2.75, 3.05) is 6.54 Å². The highest BCUT2D eigenvalue weighted by atomic mass is 16.4. The van der Waals surface area contributed by atoms with Crippen LogP contribution in [0, 0.1) is 5.41 Å². The normalized spacial score (nSPS) is 12.8. The van der Waals surface area contributed by atoms with Gasteiger partial charge in [0.2, 0.25) is 5.91 Å². The Bertz CT molecular complexity index is 443. The van der Waals surface area contributed by atoms with Crippen molar-refractivity contribution >= 4 is 11.9 Å². The Morgan fingerprint density at radius 3 is 2.42 bits per heavy atom. The third-order valence-electron chi connectivity index (χ3n) is 2.92. The predicted molar refractivity (Wildman–Crippen MR) is 72.5 cm³/mol. The van der Waals surface area contributed by atoms with Gasteiger partial charge in [-0.05, 0) is 25.8 Å². The Labute approximate surface area is 112 Å². The zero-order valence-corrected chi connectivity index (χ0v) is 11.2. The van der Waals surface area contributed by atoms with E-state index in [1.165, 1.54) is 0 Å². The van der Waals surface area contributed by atoms with Crippen LogP contribution in [0.25, 0.3) is 0 Å². The maximum Gasteiger partial charge on any atom is 0.310 e. The van der Waals surface area contributed by atoms with Crippen LogP contribution >= 0.6 is 0 Å². The quantitative estimate of drug-likeness (QED) is 0.708. The first-order valence-electron chi connectivity index (χ1n) is 6.13. The molecule has 0 aliphatic heterocycles. The van der Waals surface area contributed by atoms with Crippen LogP contribution < -0.4 is 11.1 Å². The van der Waals surface area contributed by atoms with Crippen LogP contribution in [0.3, 0.4) is 0 Å². The number of aliphatic carboxylic acids is 1. The predicted octanol–water partition coefficient (Wildman–Crippen LogP) is 0.783. The van der Waals surface area contributed by atoms with Crippen LogP contribution in [0.4, 0.5) is 0 Å². The molecule has 0 fully saturated rings. The van der Waals surface area contributed by atoms with Gasteiger partial charge in [-0.1, -0.05) is 30.3 Å². The second kappa shape index (κ2) is 6.33. The lowest BCUT2D eigenvalue weighted by Gasteiger charge is -2.21. The zero-order chi connectivity index (χ0) is 14.5. The minimum absolute atomic E-state index is 0.0592. The van der Waals surface area contributed by atoms with E-state index in [2.05, 4.69) is 5.32 Å². The molecule has 0 saturated carbocycles. The fourth-order valence-corrected chi connectivity index (χ4v) is 1.48. The standard InChI is InChI=1S/C14H20N2O3/c1-14(2,13(18)19)9-16-12(17)11(15)8-10-6-4-3-5-7-10/h3-7,11H,8-9,15H2,1-2H3,(H,16,17)(H,18,19). The molecule has 0 saturated heterocycles. The molecule has 5 heteroatoms. The topological polar surface area (TPSA) is 92.4 Å². The molecular formula is C14H20N2O3. The number of carboxylic acid groups (broad SMARTS) is 1. The van der Waals surface area contributed by atoms with Gasteiger partial charge in [-0.2, -0.15) is 0 Å². The molecule has 0 aromatic heterocycles. The summed E-state index contributed by atoms with van der Waals surface area (Å²) < 4.78 is 0. The van der Waals surface area contributed by atoms with Crippen molar-refractivity contribution in [3.05, 3.63) is 35.9 Å². The molecule has 0 spiro atoms. The van der Waals surface area contributed by atoms with Crippen molar-refractivity contribution in [3.63, 3.8) is 0 Å². The molecule has 19 heavy (non-hydrogen) atoms. The fraction of sp³-hybridized carbons (Fsp3) is 0.429. The molecule has 0 aliphatic carbocycles. The van der Waals surface area contributed by atoms with E-state index < -0.39 is 17.4 Å². The maximum absolute atomic E-state index is 11.8. The number of hydrogen-bond acceptors (Lipinski definition) is 3. The van der Waals surface area contributed by atoms with Gasteiger partial charge in [0, 0.05) is 6.54 Å². The molecule has 0 radical (unpaired) electrons. The van der Waals surface area contributed by atoms with Gasteiger partial charge in [0.05, 0.1) is 11.5 Å². The zero-order valence-electron chi connectivity index (χ0n) is 11.2. The van der Waals surface area contributed by atoms with Crippen molar-refractivity contribution in [1.82, 2.24) is 5.32 Å². The number of nitrogens with one attached hydrogen (secondary N) is 1. The number of carbonyl (C=O) groups is 2. The van der Waals surface area contributed by atoms with Gasteiger partial charge < -0.3 is 16.2 Å². The smallest absolute Gasteiger partial charge is 0.310 e. The molecule has 5 nitrogen and oxygen atoms in total. The molecule has 1 unspecified atom stereocenters. The first-order chi connectivity index (χ1) is 8.83. The number of amides is 1. The molecule has 4 N–H and O–H groups in total. The Kier molecular flexibility index (Phi) is 5.06. The van der Waals surface area contributed by atoms with Crippen LogP contribution in [-0.4, -0.2) is 29.6 Å². The highest BCUT2D eigenvalue weighted by Gasteiger charge is 2.28. The number of benzene rings is 1. The van der Waals surface area contributed by atoms with Crippen molar-refractivity contribution in [2.24, 2.45) is 11.1 Å². The summed E-state index contributed by atoms with van der Waals surface area (Å²) >= 11 is 0. The molecule has 104 valence electrons. The third-order valence-corrected chi connectivity index (χ3v) is 2.92. The summed E-state index contributed by atoms with van der Waals surface area (Å²) in [6.45, 7) is 3.17. The van der Waals surface area contributed by atoms with Gasteiger partial charge in [0.1, 0.15) is 0 Å². The molecule has 1 aromatic carbocycles. The number of nitrogens with two attached hydrogens (primary N) is 1. The van der Waals surface area contributed by atoms with Crippen LogP contribution in [-0.2, 0) is 16.0 Å². The van der Waals surface area contributed by atoms with E-state index in [0.717, 1.165) is 5.56 Å². The molecule has 1 atom stereocenters. The monoisotopic (exact) mass is 264 g/mol. The highest BCUT2D eigenvalue weighted by molar-refractivity contribution is 5.83. The van der Waals surface area contributed by atoms with Crippen molar-refractivity contribution in [1.29, 1.82) is 0 Å². The summed E-state index contributed by atoms with van der Waals surface area (Å²) in [5, 5.41) is 11.5. The van der Waals surface area contributed by atoms with Crippen molar-refractivity contribution in [2.45, 2.75) is 26.3 Å². The number of hydrogen-bond donors (Lipinski definition) is 3. The van der Waals surface area contributed by atoms with Gasteiger partial charge in [0.25, 0.3) is 0 Å². The second-order valence-corrected chi connectivity index (χ2v) is 5.20. The summed E-state index contributed by atoms with van der Waals surface area (Å²) in [6.07, 6.45) is 0.431. The fourth-order valence-electron chi connectivity index (χ4n) is 1.48. The van der Waals surface area contributed by atoms with E-state index in [1.54, 1.807) is 13.8 Å². The van der Waals surface area contributed by atoms with Gasteiger partial charge in [-0.25, -0.2) is 0 Å². The average molecular weight is 264 g/mol. The molecule has 0 aliphatic rings. The summed E-state index contributed by atoms with van der Waals surface area (Å²) in [5.74, 6) is -1.29. The maximum atomic E-state index is 11.8. The van der Waals surface area contributed by atoms with Gasteiger partial charge >= 0.3 is 5.97 Å². The van der Waals surface area contributed by atoms with Crippen molar-refractivity contribution < 1.29 is 14.7 Å². The van der Waals surface area contributed by atoms with Gasteiger partial charge in [-0.3, -0.25) is 9.59 Å². The average Bonchev–Trinajstić information content (AvgIpc) is 2.37. The van der Waals surface area contributed by atoms with Crippen LogP contribution in [0.5, 0.6) is 0 Å². The molecule has 1 amide bonds. The van der Waals surface area contributed by atoms with Crippen LogP contribution in [0.2, 0.25) is 0 Å². The first kappa shape index (κ1) is 15.2. The minimum Gasteiger partial charge on any atom is -0.481 e. The van der Waals surface area contributed by atoms with Gasteiger partial charge in [0.15, 0.2) is 0 Å². The van der Waals surface area contributed by atoms with Crippen LogP contribution in [0.1, 0.15) is 19.4 Å². The minimum atomic E-state index is -0.998. The largest absolute Gasteiger partial charge is 0.481 e. The lowest BCUT2D eigenvalue weighted by molar-refractivity contribution is -0.146. The summed E-state index contributed by atoms with van der Waals surface area (Å²) in [5.41, 5.74) is 5.77. The van der Waals surface area contributed by atoms with E-state index in [9.17, 15) is 9.59 Å². The van der Waals surface area contributed by atoms with E-state index in [4.69, 9.17) is 10.8 Å². The summed E-state index contributed by atoms with van der Waals surface area (Å²) in [6, 6.07) is 8.78. The van der Waals surface area contributed by atoms with Gasteiger partial charge in [-0.15, -0.1) is 0 Å². The van der Waals surface area contributed by atoms with E-state index in [0.29, 0.717) is 6.42 Å². The molecule has 1 rings (SSSR count). The van der Waals surface area contributed by atoms with E-state index in [-0.39, 0.29) is 12.5 Å². The lowest BCUT2D eigenvalue weighted by atomic mass is 9.93. The Balaban J connectivity index is 2.48. The Morgan fingerprint density at radius 2 is 1.89 bits per heavy atom. The summed E-state index contributed by atoms with van der Waals surface area (Å²) in [7, 11) is 0. The molecule has 0 bridgehead atoms. The second-order valence-electron chi connectivity index (χ2n) is 5.20. The molecule has 0 heterocycles. The molecular weight excluding hydrogens is 244 g/mol. The number of carbonyl (C=O) groups excluding carboxylic acids is 1. The Hall–Kier alpha value is -1.88. The number of carboxylic acids is 1. The summed E-state index contributed by atoms with van der Waals surface area (Å²) in [4.78, 5) is 22.7. The lowest BCUT2D eigenvalue weighted by Crippen LogP contribution is -2.46. The first-order valence-corrected chi connectivity index (χ1v) is 6.13. The molecule has 1 aromatic rings. The van der Waals surface area contributed by atoms with Crippen LogP contribution in [0.15, 0.2) is 30.3 Å².